The van der Waals surface area contributed by atoms with Gasteiger partial charge in [0, 0.05) is 26.2 Å². The van der Waals surface area contributed by atoms with Crippen LogP contribution >= 0.6 is 0 Å². The summed E-state index contributed by atoms with van der Waals surface area (Å²) >= 11 is 0. The number of piperazine rings is 1. The van der Waals surface area contributed by atoms with Crippen LogP contribution in [0.2, 0.25) is 0 Å². The number of alkyl halides is 12. The van der Waals surface area contributed by atoms with Gasteiger partial charge in [-0.25, -0.2) is 25.3 Å². The third-order valence-corrected chi connectivity index (χ3v) is 9.24. The van der Waals surface area contributed by atoms with Crippen molar-refractivity contribution < 1.29 is 77.9 Å². The number of nitrogens with zero attached hydrogens (tertiary/aromatic N) is 2. The largest absolute Gasteiger partial charge is 0.512 e. The summed E-state index contributed by atoms with van der Waals surface area (Å²) in [6.07, 6.45) is -4.85. The Balaban J connectivity index is 3.31. The Morgan fingerprint density at radius 1 is 0.618 bits per heavy atom. The highest BCUT2D eigenvalue weighted by Gasteiger charge is 2.83. The van der Waals surface area contributed by atoms with E-state index in [1.165, 1.54) is 0 Å². The maximum absolute atomic E-state index is 14.1. The summed E-state index contributed by atoms with van der Waals surface area (Å²) in [5, 5.41) is -14.6. The molecule has 1 N–H and O–H groups in total. The Bertz CT molecular complexity index is 1080. The van der Waals surface area contributed by atoms with Crippen molar-refractivity contribution >= 4 is 30.1 Å². The first-order valence-electron chi connectivity index (χ1n) is 7.91. The molecular weight excluding hydrogens is 582 g/mol. The predicted molar refractivity (Wildman–Crippen MR) is 84.9 cm³/mol. The summed E-state index contributed by atoms with van der Waals surface area (Å²) in [6.45, 7) is -6.49. The quantitative estimate of drug-likeness (QED) is 0.419. The van der Waals surface area contributed by atoms with Gasteiger partial charge in [0.1, 0.15) is 0 Å². The van der Waals surface area contributed by atoms with Crippen LogP contribution in [-0.4, -0.2) is 95.3 Å². The smallest absolute Gasteiger partial charge is 0.292 e. The van der Waals surface area contributed by atoms with E-state index in [0.29, 0.717) is 4.90 Å². The molecule has 1 aliphatic rings. The second-order valence-electron chi connectivity index (χ2n) is 6.44. The van der Waals surface area contributed by atoms with Gasteiger partial charge in [-0.3, -0.25) is 4.90 Å². The minimum Gasteiger partial charge on any atom is -0.292 e. The van der Waals surface area contributed by atoms with Crippen LogP contribution in [0.15, 0.2) is 0 Å². The van der Waals surface area contributed by atoms with Crippen molar-refractivity contribution in [2.24, 2.45) is 0 Å². The van der Waals surface area contributed by atoms with Crippen molar-refractivity contribution in [3.8, 4) is 0 Å². The molecule has 34 heavy (non-hydrogen) atoms. The normalized spacial score (nSPS) is 19.4. The van der Waals surface area contributed by atoms with Crippen LogP contribution < -0.4 is 4.13 Å². The fraction of sp³-hybridized carbons (Fsp3) is 1.00. The number of hydrogen-bond acceptors (Lipinski definition) is 7. The first-order chi connectivity index (χ1) is 14.6. The second-order valence-corrected chi connectivity index (χ2v) is 12.1. The third-order valence-electron chi connectivity index (χ3n) is 3.99. The molecule has 1 saturated heterocycles. The zero-order valence-electron chi connectivity index (χ0n) is 15.6. The maximum atomic E-state index is 14.1. The number of nitrogens with one attached hydrogen (secondary N) is 1. The summed E-state index contributed by atoms with van der Waals surface area (Å²) in [5.41, 5.74) is -6.70. The molecule has 0 aromatic heterocycles. The Morgan fingerprint density at radius 2 is 1.03 bits per heavy atom. The molecule has 0 aromatic rings. The Kier molecular flexibility index (Phi) is 7.98. The van der Waals surface area contributed by atoms with Gasteiger partial charge in [-0.1, -0.05) is 4.13 Å². The molecule has 0 saturated carbocycles. The molecular formula is C10H11F12N3O6S3. The predicted octanol–water partition coefficient (Wildman–Crippen LogP) is 1.09. The van der Waals surface area contributed by atoms with Crippen molar-refractivity contribution in [2.45, 2.75) is 28.1 Å². The average Bonchev–Trinajstić information content (AvgIpc) is 2.58. The van der Waals surface area contributed by atoms with Crippen LogP contribution in [0.3, 0.4) is 0 Å². The van der Waals surface area contributed by atoms with Gasteiger partial charge in [0.05, 0.1) is 6.54 Å². The molecule has 1 fully saturated rings. The van der Waals surface area contributed by atoms with E-state index in [4.69, 9.17) is 0 Å². The minimum atomic E-state index is -7.90. The van der Waals surface area contributed by atoms with Crippen LogP contribution in [0.25, 0.3) is 0 Å². The van der Waals surface area contributed by atoms with E-state index in [1.807, 2.05) is 0 Å². The van der Waals surface area contributed by atoms with Gasteiger partial charge in [0.2, 0.25) is 0 Å². The van der Waals surface area contributed by atoms with Gasteiger partial charge < -0.3 is 0 Å². The summed E-state index contributed by atoms with van der Waals surface area (Å²) in [4.78, 5) is 0.424. The molecule has 0 amide bonds. The molecule has 0 atom stereocenters. The SMILES string of the molecule is O=S(=O)(NS(=O)(=O)C(F)(F)C(F)(F)C(F)(F)S(=O)(=O)N1CCN(CC(F)(F)F)CC1)C(F)(F)F. The van der Waals surface area contributed by atoms with Crippen molar-refractivity contribution in [2.75, 3.05) is 32.7 Å². The van der Waals surface area contributed by atoms with Gasteiger partial charge in [-0.15, -0.1) is 0 Å². The topological polar surface area (TPSA) is 121 Å². The number of rotatable bonds is 8. The van der Waals surface area contributed by atoms with Crippen molar-refractivity contribution in [3.05, 3.63) is 0 Å². The monoisotopic (exact) mass is 593 g/mol. The zero-order valence-corrected chi connectivity index (χ0v) is 18.1. The highest BCUT2D eigenvalue weighted by molar-refractivity contribution is 8.05. The number of sulfonamides is 3. The Labute approximate surface area is 182 Å². The molecule has 1 heterocycles. The van der Waals surface area contributed by atoms with Crippen LogP contribution in [0, 0.1) is 0 Å². The van der Waals surface area contributed by atoms with Gasteiger partial charge in [-0.2, -0.15) is 57.0 Å². The lowest BCUT2D eigenvalue weighted by Crippen LogP contribution is -2.66. The molecule has 204 valence electrons. The highest BCUT2D eigenvalue weighted by atomic mass is 32.3. The third kappa shape index (κ3) is 5.49. The fourth-order valence-corrected chi connectivity index (χ4v) is 6.19. The number of hydrogen-bond donors (Lipinski definition) is 1. The van der Waals surface area contributed by atoms with E-state index in [1.54, 1.807) is 0 Å². The van der Waals surface area contributed by atoms with E-state index in [0.717, 1.165) is 0 Å². The van der Waals surface area contributed by atoms with Crippen LogP contribution in [0.5, 0.6) is 0 Å². The van der Waals surface area contributed by atoms with Crippen LogP contribution in [0.1, 0.15) is 0 Å². The molecule has 0 bridgehead atoms. The van der Waals surface area contributed by atoms with Gasteiger partial charge in [-0.05, 0) is 0 Å². The van der Waals surface area contributed by atoms with Gasteiger partial charge in [0.25, 0.3) is 20.0 Å². The van der Waals surface area contributed by atoms with Crippen LogP contribution in [0.4, 0.5) is 52.7 Å². The Morgan fingerprint density at radius 3 is 1.38 bits per heavy atom. The van der Waals surface area contributed by atoms with E-state index < -0.39 is 99.3 Å². The fourth-order valence-electron chi connectivity index (χ4n) is 2.29. The number of halogens is 12. The van der Waals surface area contributed by atoms with Crippen molar-refractivity contribution in [3.63, 3.8) is 0 Å². The molecule has 1 rings (SSSR count). The summed E-state index contributed by atoms with van der Waals surface area (Å²) < 4.78 is 223. The van der Waals surface area contributed by atoms with Gasteiger partial charge >= 0.3 is 38.1 Å². The lowest BCUT2D eigenvalue weighted by molar-refractivity contribution is -0.245. The average molecular weight is 593 g/mol. The van der Waals surface area contributed by atoms with Gasteiger partial charge in [0.15, 0.2) is 0 Å². The van der Waals surface area contributed by atoms with Crippen molar-refractivity contribution in [1.29, 1.82) is 0 Å². The highest BCUT2D eigenvalue weighted by Crippen LogP contribution is 2.51. The maximum Gasteiger partial charge on any atom is 0.512 e. The molecule has 9 nitrogen and oxygen atoms in total. The summed E-state index contributed by atoms with van der Waals surface area (Å²) in [5.74, 6) is -7.59. The molecule has 0 aliphatic carbocycles. The summed E-state index contributed by atoms with van der Waals surface area (Å²) in [7, 11) is -22.3. The molecule has 1 aliphatic heterocycles. The molecule has 0 spiro atoms. The first-order valence-corrected chi connectivity index (χ1v) is 12.3. The second kappa shape index (κ2) is 8.77. The molecule has 24 heteroatoms. The molecule has 0 aromatic carbocycles. The minimum absolute atomic E-state index is 0.424. The van der Waals surface area contributed by atoms with E-state index >= 15 is 0 Å². The first kappa shape index (κ1) is 30.9. The lowest BCUT2D eigenvalue weighted by atomic mass is 10.3. The van der Waals surface area contributed by atoms with E-state index in [-0.39, 0.29) is 0 Å². The molecule has 0 unspecified atom stereocenters. The Hall–Kier alpha value is -1.11. The van der Waals surface area contributed by atoms with E-state index in [2.05, 4.69) is 0 Å². The zero-order chi connectivity index (χ0) is 27.4. The van der Waals surface area contributed by atoms with Crippen LogP contribution in [-0.2, 0) is 30.1 Å². The lowest BCUT2D eigenvalue weighted by Gasteiger charge is -2.38. The molecule has 0 radical (unpaired) electrons. The summed E-state index contributed by atoms with van der Waals surface area (Å²) in [6, 6.07) is 0. The van der Waals surface area contributed by atoms with Crippen molar-refractivity contribution in [1.82, 2.24) is 13.3 Å². The standard InChI is InChI=1S/C10H11F12N3O6S3/c11-6(12,13)5-24-1-3-25(4-2-24)34(30,31)9(18,19)7(14,15)8(16,17)32(26,27)23-33(28,29)10(20,21)22/h23H,1-5H2. The van der Waals surface area contributed by atoms with E-state index in [9.17, 15) is 77.9 Å².